The van der Waals surface area contributed by atoms with Crippen LogP contribution in [-0.4, -0.2) is 18.5 Å². The van der Waals surface area contributed by atoms with Gasteiger partial charge in [0.2, 0.25) is 5.91 Å². The normalized spacial score (nSPS) is 11.3. The van der Waals surface area contributed by atoms with Gasteiger partial charge in [0.05, 0.1) is 12.0 Å². The van der Waals surface area contributed by atoms with Crippen molar-refractivity contribution in [3.05, 3.63) is 71.8 Å². The van der Waals surface area contributed by atoms with Gasteiger partial charge in [0.15, 0.2) is 0 Å². The van der Waals surface area contributed by atoms with E-state index in [1.165, 1.54) is 6.08 Å². The minimum Gasteiger partial charge on any atom is -0.463 e. The zero-order valence-electron chi connectivity index (χ0n) is 14.8. The third-order valence-corrected chi connectivity index (χ3v) is 3.93. The summed E-state index contributed by atoms with van der Waals surface area (Å²) >= 11 is 0. The predicted octanol–water partition coefficient (Wildman–Crippen LogP) is 4.18. The molecule has 2 rings (SSSR count). The molecule has 0 saturated heterocycles. The number of ether oxygens (including phenoxy) is 1. The Labute approximate surface area is 148 Å². The van der Waals surface area contributed by atoms with Crippen LogP contribution in [-0.2, 0) is 19.7 Å². The Morgan fingerprint density at radius 3 is 2.28 bits per heavy atom. The third kappa shape index (κ3) is 5.05. The molecule has 130 valence electrons. The number of hydrogen-bond acceptors (Lipinski definition) is 3. The van der Waals surface area contributed by atoms with Crippen molar-refractivity contribution in [2.75, 3.05) is 11.9 Å². The lowest BCUT2D eigenvalue weighted by Gasteiger charge is -2.24. The number of esters is 1. The van der Waals surface area contributed by atoms with E-state index in [2.05, 4.69) is 5.32 Å². The fourth-order valence-corrected chi connectivity index (χ4v) is 2.31. The van der Waals surface area contributed by atoms with E-state index in [9.17, 15) is 9.59 Å². The lowest BCUT2D eigenvalue weighted by atomic mass is 9.83. The van der Waals surface area contributed by atoms with E-state index in [-0.39, 0.29) is 11.9 Å². The highest BCUT2D eigenvalue weighted by molar-refractivity contribution is 5.98. The first-order chi connectivity index (χ1) is 11.9. The molecular formula is C21H23NO3. The smallest absolute Gasteiger partial charge is 0.330 e. The van der Waals surface area contributed by atoms with E-state index in [4.69, 9.17) is 4.74 Å². The fraction of sp³-hybridized carbons (Fsp3) is 0.238. The number of carbonyl (C=O) groups excluding carboxylic acids is 2. The second-order valence-electron chi connectivity index (χ2n) is 6.15. The average Bonchev–Trinajstić information content (AvgIpc) is 2.62. The summed E-state index contributed by atoms with van der Waals surface area (Å²) in [4.78, 5) is 23.9. The summed E-state index contributed by atoms with van der Waals surface area (Å²) in [5, 5.41) is 2.94. The molecule has 4 nitrogen and oxygen atoms in total. The van der Waals surface area contributed by atoms with Gasteiger partial charge in [0.25, 0.3) is 0 Å². The topological polar surface area (TPSA) is 55.4 Å². The molecule has 0 atom stereocenters. The van der Waals surface area contributed by atoms with Crippen molar-refractivity contribution < 1.29 is 14.3 Å². The number of anilines is 1. The predicted molar refractivity (Wildman–Crippen MR) is 100 cm³/mol. The Morgan fingerprint density at radius 1 is 1.04 bits per heavy atom. The number of benzene rings is 2. The van der Waals surface area contributed by atoms with Gasteiger partial charge in [-0.15, -0.1) is 0 Å². The van der Waals surface area contributed by atoms with Crippen LogP contribution < -0.4 is 5.32 Å². The molecule has 0 heterocycles. The summed E-state index contributed by atoms with van der Waals surface area (Å²) in [5.74, 6) is -0.446. The van der Waals surface area contributed by atoms with Crippen molar-refractivity contribution in [1.29, 1.82) is 0 Å². The molecule has 0 bridgehead atoms. The van der Waals surface area contributed by atoms with Gasteiger partial charge in [-0.2, -0.15) is 0 Å². The van der Waals surface area contributed by atoms with E-state index < -0.39 is 5.41 Å². The van der Waals surface area contributed by atoms with Gasteiger partial charge in [-0.1, -0.05) is 42.5 Å². The molecule has 25 heavy (non-hydrogen) atoms. The molecule has 0 unspecified atom stereocenters. The van der Waals surface area contributed by atoms with Crippen molar-refractivity contribution in [3.8, 4) is 0 Å². The summed E-state index contributed by atoms with van der Waals surface area (Å²) in [6.07, 6.45) is 3.06. The SMILES string of the molecule is CCOC(=O)C=Cc1ccc(NC(=O)C(C)(C)c2ccccc2)cc1. The standard InChI is InChI=1S/C21H23NO3/c1-4-25-19(23)15-12-16-10-13-18(14-11-16)22-20(24)21(2,3)17-8-6-5-7-9-17/h5-15H,4H2,1-3H3,(H,22,24). The molecule has 1 amide bonds. The Hall–Kier alpha value is -2.88. The first-order valence-corrected chi connectivity index (χ1v) is 8.25. The molecular weight excluding hydrogens is 314 g/mol. The molecule has 0 aliphatic rings. The monoisotopic (exact) mass is 337 g/mol. The van der Waals surface area contributed by atoms with Gasteiger partial charge in [-0.25, -0.2) is 4.79 Å². The van der Waals surface area contributed by atoms with Gasteiger partial charge in [-0.05, 0) is 50.1 Å². The Kier molecular flexibility index (Phi) is 6.12. The molecule has 0 aliphatic heterocycles. The Bertz CT molecular complexity index is 746. The van der Waals surface area contributed by atoms with Crippen LogP contribution in [0.1, 0.15) is 31.9 Å². The van der Waals surface area contributed by atoms with Crippen LogP contribution >= 0.6 is 0 Å². The zero-order chi connectivity index (χ0) is 18.3. The zero-order valence-corrected chi connectivity index (χ0v) is 14.8. The maximum Gasteiger partial charge on any atom is 0.330 e. The Morgan fingerprint density at radius 2 is 1.68 bits per heavy atom. The molecule has 0 aliphatic carbocycles. The molecule has 0 saturated carbocycles. The minimum atomic E-state index is -0.635. The minimum absolute atomic E-state index is 0.0754. The van der Waals surface area contributed by atoms with E-state index in [1.807, 2.05) is 68.4 Å². The number of hydrogen-bond donors (Lipinski definition) is 1. The second kappa shape index (κ2) is 8.29. The second-order valence-corrected chi connectivity index (χ2v) is 6.15. The molecule has 0 spiro atoms. The molecule has 0 aromatic heterocycles. The van der Waals surface area contributed by atoms with Gasteiger partial charge in [0.1, 0.15) is 0 Å². The van der Waals surface area contributed by atoms with Crippen LogP contribution in [0.4, 0.5) is 5.69 Å². The number of amides is 1. The van der Waals surface area contributed by atoms with Crippen LogP contribution in [0.25, 0.3) is 6.08 Å². The Balaban J connectivity index is 2.03. The molecule has 4 heteroatoms. The van der Waals surface area contributed by atoms with Crippen LogP contribution in [0.3, 0.4) is 0 Å². The van der Waals surface area contributed by atoms with Gasteiger partial charge < -0.3 is 10.1 Å². The van der Waals surface area contributed by atoms with Crippen LogP contribution in [0.15, 0.2) is 60.7 Å². The lowest BCUT2D eigenvalue weighted by molar-refractivity contribution is -0.137. The van der Waals surface area contributed by atoms with Crippen molar-refractivity contribution in [3.63, 3.8) is 0 Å². The molecule has 1 N–H and O–H groups in total. The van der Waals surface area contributed by atoms with Crippen LogP contribution in [0, 0.1) is 0 Å². The summed E-state index contributed by atoms with van der Waals surface area (Å²) < 4.78 is 4.84. The number of carbonyl (C=O) groups is 2. The first-order valence-electron chi connectivity index (χ1n) is 8.25. The van der Waals surface area contributed by atoms with E-state index in [0.29, 0.717) is 12.3 Å². The highest BCUT2D eigenvalue weighted by Crippen LogP contribution is 2.25. The molecule has 0 fully saturated rings. The molecule has 2 aromatic carbocycles. The van der Waals surface area contributed by atoms with E-state index in [1.54, 1.807) is 13.0 Å². The van der Waals surface area contributed by atoms with Gasteiger partial charge in [0, 0.05) is 11.8 Å². The fourth-order valence-electron chi connectivity index (χ4n) is 2.31. The average molecular weight is 337 g/mol. The maximum absolute atomic E-state index is 12.6. The summed E-state index contributed by atoms with van der Waals surface area (Å²) in [6.45, 7) is 5.91. The van der Waals surface area contributed by atoms with Crippen molar-refractivity contribution in [2.45, 2.75) is 26.2 Å². The van der Waals surface area contributed by atoms with Gasteiger partial charge >= 0.3 is 5.97 Å². The van der Waals surface area contributed by atoms with Crippen LogP contribution in [0.2, 0.25) is 0 Å². The van der Waals surface area contributed by atoms with Crippen molar-refractivity contribution in [2.24, 2.45) is 0 Å². The summed E-state index contributed by atoms with van der Waals surface area (Å²) in [7, 11) is 0. The number of nitrogens with one attached hydrogen (secondary N) is 1. The largest absolute Gasteiger partial charge is 0.463 e. The van der Waals surface area contributed by atoms with Crippen molar-refractivity contribution in [1.82, 2.24) is 0 Å². The third-order valence-electron chi connectivity index (χ3n) is 3.93. The highest BCUT2D eigenvalue weighted by atomic mass is 16.5. The summed E-state index contributed by atoms with van der Waals surface area (Å²) in [5.41, 5.74) is 1.89. The lowest BCUT2D eigenvalue weighted by Crippen LogP contribution is -2.34. The quantitative estimate of drug-likeness (QED) is 0.635. The van der Waals surface area contributed by atoms with Gasteiger partial charge in [-0.3, -0.25) is 4.79 Å². The van der Waals surface area contributed by atoms with E-state index >= 15 is 0 Å². The van der Waals surface area contributed by atoms with E-state index in [0.717, 1.165) is 11.1 Å². The maximum atomic E-state index is 12.6. The molecule has 2 aromatic rings. The highest BCUT2D eigenvalue weighted by Gasteiger charge is 2.29. The number of rotatable bonds is 6. The van der Waals surface area contributed by atoms with Crippen LogP contribution in [0.5, 0.6) is 0 Å². The first kappa shape index (κ1) is 18.5. The summed E-state index contributed by atoms with van der Waals surface area (Å²) in [6, 6.07) is 17.0. The molecule has 0 radical (unpaired) electrons. The van der Waals surface area contributed by atoms with Crippen molar-refractivity contribution >= 4 is 23.6 Å².